The molecular formula is C38H61N5O6S. The third-order valence-electron chi connectivity index (χ3n) is 7.83. The summed E-state index contributed by atoms with van der Waals surface area (Å²) >= 11 is 1.65. The first-order valence-corrected chi connectivity index (χ1v) is 18.3. The lowest BCUT2D eigenvalue weighted by Gasteiger charge is -2.24. The van der Waals surface area contributed by atoms with E-state index in [9.17, 15) is 19.5 Å². The van der Waals surface area contributed by atoms with Gasteiger partial charge in [0.25, 0.3) is 0 Å². The van der Waals surface area contributed by atoms with Gasteiger partial charge < -0.3 is 30.5 Å². The predicted molar refractivity (Wildman–Crippen MR) is 204 cm³/mol. The van der Waals surface area contributed by atoms with E-state index in [4.69, 9.17) is 15.2 Å². The minimum atomic E-state index is -1.37. The van der Waals surface area contributed by atoms with Gasteiger partial charge in [-0.2, -0.15) is 0 Å². The second-order valence-corrected chi connectivity index (χ2v) is 13.7. The zero-order valence-electron chi connectivity index (χ0n) is 31.8. The van der Waals surface area contributed by atoms with Gasteiger partial charge >= 0.3 is 0 Å². The van der Waals surface area contributed by atoms with Gasteiger partial charge in [0.15, 0.2) is 5.78 Å². The number of aliphatic imine (C=N–C) groups is 1. The van der Waals surface area contributed by atoms with Crippen LogP contribution in [0.1, 0.15) is 88.5 Å². The van der Waals surface area contributed by atoms with E-state index < -0.39 is 5.60 Å². The molecule has 0 heterocycles. The fourth-order valence-corrected chi connectivity index (χ4v) is 5.76. The van der Waals surface area contributed by atoms with E-state index in [1.54, 1.807) is 26.1 Å². The largest absolute Gasteiger partial charge is 0.497 e. The van der Waals surface area contributed by atoms with Crippen molar-refractivity contribution in [3.63, 3.8) is 0 Å². The number of nitrogens with zero attached hydrogens (tertiary/aromatic N) is 3. The van der Waals surface area contributed by atoms with Crippen LogP contribution in [0.5, 0.6) is 5.75 Å². The number of nitrogens with two attached hydrogens (primary N) is 1. The number of rotatable bonds is 22. The highest BCUT2D eigenvalue weighted by Crippen LogP contribution is 2.31. The number of ether oxygens (including phenoxy) is 2. The monoisotopic (exact) mass is 715 g/mol. The van der Waals surface area contributed by atoms with Crippen LogP contribution in [0.25, 0.3) is 0 Å². The van der Waals surface area contributed by atoms with Crippen LogP contribution in [0.15, 0.2) is 46.3 Å². The molecule has 0 aliphatic heterocycles. The summed E-state index contributed by atoms with van der Waals surface area (Å²) in [6.07, 6.45) is 3.20. The van der Waals surface area contributed by atoms with E-state index in [1.165, 1.54) is 18.7 Å². The number of likely N-dealkylation sites (N-methyl/N-ethyl adjacent to an activating group) is 1. The van der Waals surface area contributed by atoms with Crippen LogP contribution in [0.3, 0.4) is 0 Å². The molecule has 0 saturated carbocycles. The Morgan fingerprint density at radius 2 is 1.62 bits per heavy atom. The van der Waals surface area contributed by atoms with Crippen molar-refractivity contribution in [3.8, 4) is 5.75 Å². The standard InChI is InChI=1S/C36H55N5O6S.C2H6/c1-26-22-30(46-7)23-27(2)34(26)48-40(6)20-21-47-25-33(44)41(24-28-14-16-29(17-15-28)35(37)38-5)19-10-8-9-18-39-32(43)13-11-12-31(42)36(3,4)45;1-2/h14-17,22-23,45H,8-13,18-21,24-25H2,1-7H3,(H2,37,38)(H,39,43);1-2H3. The molecule has 0 fully saturated rings. The Morgan fingerprint density at radius 3 is 2.20 bits per heavy atom. The molecule has 2 rings (SSSR count). The zero-order chi connectivity index (χ0) is 37.7. The number of benzene rings is 2. The van der Waals surface area contributed by atoms with Crippen LogP contribution in [0.2, 0.25) is 0 Å². The number of Topliss-reactive ketones (excluding diaryl/α,β-unsaturated/α-hetero) is 1. The van der Waals surface area contributed by atoms with E-state index >= 15 is 0 Å². The Morgan fingerprint density at radius 1 is 0.980 bits per heavy atom. The molecule has 0 unspecified atom stereocenters. The second kappa shape index (κ2) is 23.9. The molecule has 2 aromatic carbocycles. The van der Waals surface area contributed by atoms with Gasteiger partial charge in [-0.25, -0.2) is 4.31 Å². The number of carbonyl (C=O) groups is 3. The molecule has 11 nitrogen and oxygen atoms in total. The highest BCUT2D eigenvalue weighted by molar-refractivity contribution is 7.97. The molecule has 0 aliphatic carbocycles. The van der Waals surface area contributed by atoms with Gasteiger partial charge in [-0.05, 0) is 101 Å². The maximum atomic E-state index is 13.3. The van der Waals surface area contributed by atoms with E-state index in [2.05, 4.69) is 28.5 Å². The number of carbonyl (C=O) groups excluding carboxylic acids is 3. The number of methoxy groups -OCH3 is 1. The molecule has 0 spiro atoms. The summed E-state index contributed by atoms with van der Waals surface area (Å²) < 4.78 is 13.3. The Labute approximate surface area is 304 Å². The molecule has 0 aliphatic rings. The quantitative estimate of drug-likeness (QED) is 0.0627. The van der Waals surface area contributed by atoms with Crippen molar-refractivity contribution < 1.29 is 29.0 Å². The van der Waals surface area contributed by atoms with E-state index in [0.29, 0.717) is 45.0 Å². The predicted octanol–water partition coefficient (Wildman–Crippen LogP) is 5.45. The number of nitrogens with one attached hydrogen (secondary N) is 1. The van der Waals surface area contributed by atoms with Crippen LogP contribution in [0.4, 0.5) is 0 Å². The maximum absolute atomic E-state index is 13.3. The number of hydrogen-bond acceptors (Lipinski definition) is 9. The van der Waals surface area contributed by atoms with Crippen molar-refractivity contribution >= 4 is 35.4 Å². The minimum absolute atomic E-state index is 0.0152. The van der Waals surface area contributed by atoms with Crippen molar-refractivity contribution in [2.75, 3.05) is 54.1 Å². The number of amides is 2. The van der Waals surface area contributed by atoms with Crippen LogP contribution in [-0.4, -0.2) is 97.4 Å². The summed E-state index contributed by atoms with van der Waals surface area (Å²) in [5, 5.41) is 12.6. The van der Waals surface area contributed by atoms with Gasteiger partial charge in [0.2, 0.25) is 11.8 Å². The Hall–Kier alpha value is -3.45. The van der Waals surface area contributed by atoms with Gasteiger partial charge in [0.05, 0.1) is 13.7 Å². The van der Waals surface area contributed by atoms with Crippen molar-refractivity contribution in [2.24, 2.45) is 10.7 Å². The van der Waals surface area contributed by atoms with Crippen LogP contribution >= 0.6 is 11.9 Å². The van der Waals surface area contributed by atoms with Gasteiger partial charge in [0.1, 0.15) is 23.8 Å². The van der Waals surface area contributed by atoms with Crippen LogP contribution in [0, 0.1) is 13.8 Å². The third kappa shape index (κ3) is 17.0. The average Bonchev–Trinajstić information content (AvgIpc) is 3.09. The van der Waals surface area contributed by atoms with E-state index in [1.807, 2.05) is 62.2 Å². The van der Waals surface area contributed by atoms with E-state index in [-0.39, 0.29) is 37.0 Å². The molecule has 12 heteroatoms. The van der Waals surface area contributed by atoms with Crippen molar-refractivity contribution in [2.45, 2.75) is 97.1 Å². The molecule has 0 saturated heterocycles. The topological polar surface area (TPSA) is 147 Å². The molecule has 0 radical (unpaired) electrons. The minimum Gasteiger partial charge on any atom is -0.497 e. The Balaban J connectivity index is 0.00000613. The second-order valence-electron chi connectivity index (χ2n) is 12.5. The highest BCUT2D eigenvalue weighted by Gasteiger charge is 2.23. The summed E-state index contributed by atoms with van der Waals surface area (Å²) in [4.78, 5) is 44.3. The van der Waals surface area contributed by atoms with Crippen LogP contribution < -0.4 is 15.8 Å². The van der Waals surface area contributed by atoms with Crippen molar-refractivity contribution in [1.82, 2.24) is 14.5 Å². The highest BCUT2D eigenvalue weighted by atomic mass is 32.2. The molecule has 0 bridgehead atoms. The molecule has 280 valence electrons. The molecule has 0 aromatic heterocycles. The first kappa shape index (κ1) is 44.6. The van der Waals surface area contributed by atoms with Crippen LogP contribution in [-0.2, 0) is 25.7 Å². The molecule has 50 heavy (non-hydrogen) atoms. The molecule has 2 aromatic rings. The summed E-state index contributed by atoms with van der Waals surface area (Å²) in [6, 6.07) is 11.8. The first-order chi connectivity index (χ1) is 23.7. The van der Waals surface area contributed by atoms with Gasteiger partial charge in [-0.3, -0.25) is 19.4 Å². The normalized spacial score (nSPS) is 11.5. The fraction of sp³-hybridized carbons (Fsp3) is 0.579. The lowest BCUT2D eigenvalue weighted by atomic mass is 9.99. The molecular weight excluding hydrogens is 655 g/mol. The molecule has 4 N–H and O–H groups in total. The summed E-state index contributed by atoms with van der Waals surface area (Å²) in [5.41, 5.74) is 8.67. The third-order valence-corrected chi connectivity index (χ3v) is 9.15. The Kier molecular flexibility index (Phi) is 21.3. The molecule has 0 atom stereocenters. The maximum Gasteiger partial charge on any atom is 0.248 e. The van der Waals surface area contributed by atoms with E-state index in [0.717, 1.165) is 47.3 Å². The number of hydrogen-bond donors (Lipinski definition) is 3. The number of amidine groups is 1. The van der Waals surface area contributed by atoms with Crippen molar-refractivity contribution in [1.29, 1.82) is 0 Å². The first-order valence-electron chi connectivity index (χ1n) is 17.5. The summed E-state index contributed by atoms with van der Waals surface area (Å²) in [6.45, 7) is 13.6. The average molecular weight is 716 g/mol. The number of unbranched alkanes of at least 4 members (excludes halogenated alkanes) is 2. The van der Waals surface area contributed by atoms with Crippen molar-refractivity contribution in [3.05, 3.63) is 58.7 Å². The molecule has 2 amide bonds. The lowest BCUT2D eigenvalue weighted by molar-refractivity contribution is -0.137. The zero-order valence-corrected chi connectivity index (χ0v) is 32.6. The number of aliphatic hydroxyl groups is 1. The number of aryl methyl sites for hydroxylation is 2. The lowest BCUT2D eigenvalue weighted by Crippen LogP contribution is -2.35. The SMILES string of the molecule is CC.CN=C(N)c1ccc(CN(CCCCCNC(=O)CCCC(=O)C(C)(C)O)C(=O)COCCN(C)Sc2c(C)cc(OC)cc2C)cc1. The fourth-order valence-electron chi connectivity index (χ4n) is 4.88. The van der Waals surface area contributed by atoms with Gasteiger partial charge in [-0.1, -0.05) is 38.1 Å². The summed E-state index contributed by atoms with van der Waals surface area (Å²) in [5.74, 6) is 0.840. The smallest absolute Gasteiger partial charge is 0.248 e. The summed E-state index contributed by atoms with van der Waals surface area (Å²) in [7, 11) is 5.32. The number of ketones is 1. The Bertz CT molecular complexity index is 1340. The van der Waals surface area contributed by atoms with Gasteiger partial charge in [-0.15, -0.1) is 0 Å². The van der Waals surface area contributed by atoms with Gasteiger partial charge in [0, 0.05) is 56.5 Å².